The number of hydrogen-bond acceptors (Lipinski definition) is 7. The van der Waals surface area contributed by atoms with Crippen LogP contribution in [0.1, 0.15) is 42.6 Å². The molecule has 0 aromatic heterocycles. The van der Waals surface area contributed by atoms with Gasteiger partial charge in [0.2, 0.25) is 17.7 Å². The van der Waals surface area contributed by atoms with E-state index in [9.17, 15) is 29.1 Å². The fourth-order valence-electron chi connectivity index (χ4n) is 5.66. The molecule has 2 fully saturated rings. The van der Waals surface area contributed by atoms with Gasteiger partial charge in [0.05, 0.1) is 0 Å². The lowest BCUT2D eigenvalue weighted by Crippen LogP contribution is -2.71. The maximum atomic E-state index is 14.0. The smallest absolute Gasteiger partial charge is 0.410 e. The lowest BCUT2D eigenvalue weighted by Gasteiger charge is -2.44. The SMILES string of the molecule is CN(C(=O)OCc1ccccc1)C(C(=O)NC(C(=O)N[C@@H]1C(=O)N2[C@@H]1SC(C)(C)[C@@H]2C(=O)O)c1ccccc1)c1ccccc1. The largest absolute Gasteiger partial charge is 0.480 e. The molecule has 2 heterocycles. The Kier molecular flexibility index (Phi) is 9.14. The second-order valence-corrected chi connectivity index (χ2v) is 13.2. The highest BCUT2D eigenvalue weighted by atomic mass is 32.2. The van der Waals surface area contributed by atoms with Crippen LogP contribution >= 0.6 is 11.8 Å². The number of β-lactam (4-membered cyclic amide) rings is 1. The van der Waals surface area contributed by atoms with Crippen molar-refractivity contribution in [3.05, 3.63) is 108 Å². The van der Waals surface area contributed by atoms with Crippen LogP contribution in [0.3, 0.4) is 0 Å². The number of rotatable bonds is 10. The number of carbonyl (C=O) groups excluding carboxylic acids is 4. The van der Waals surface area contributed by atoms with E-state index >= 15 is 0 Å². The van der Waals surface area contributed by atoms with Crippen LogP contribution in [0.15, 0.2) is 91.0 Å². The minimum Gasteiger partial charge on any atom is -0.480 e. The molecule has 2 aliphatic rings. The molecule has 3 aromatic rings. The summed E-state index contributed by atoms with van der Waals surface area (Å²) in [5.74, 6) is -2.90. The van der Waals surface area contributed by atoms with Crippen LogP contribution in [0.2, 0.25) is 0 Å². The molecular formula is C33H34N4O7S. The molecule has 0 spiro atoms. The van der Waals surface area contributed by atoms with Crippen LogP contribution in [0, 0.1) is 0 Å². The number of hydrogen-bond donors (Lipinski definition) is 3. The second kappa shape index (κ2) is 13.0. The first kappa shape index (κ1) is 31.6. The highest BCUT2D eigenvalue weighted by molar-refractivity contribution is 8.01. The highest BCUT2D eigenvalue weighted by Crippen LogP contribution is 2.50. The quantitative estimate of drug-likeness (QED) is 0.289. The number of nitrogens with zero attached hydrogens (tertiary/aromatic N) is 2. The molecule has 2 saturated heterocycles. The fraction of sp³-hybridized carbons (Fsp3) is 0.303. The standard InChI is InChI=1S/C33H34N4O7S/c1-33(2)26(31(41)42)37-29(40)24(30(37)45-33)35-27(38)23(21-15-9-5-10-16-21)34-28(39)25(22-17-11-6-12-18-22)36(3)32(43)44-19-20-13-7-4-8-14-20/h4-18,23-26,30H,19H2,1-3H3,(H,34,39)(H,35,38)(H,41,42)/t23?,24-,25?,26+,30-/m1/s1. The van der Waals surface area contributed by atoms with Gasteiger partial charge in [-0.2, -0.15) is 0 Å². The maximum Gasteiger partial charge on any atom is 0.410 e. The number of aliphatic carboxylic acids is 1. The van der Waals surface area contributed by atoms with Crippen LogP contribution in [-0.4, -0.2) is 73.9 Å². The number of amides is 4. The van der Waals surface area contributed by atoms with Crippen LogP contribution in [0.5, 0.6) is 0 Å². The first-order valence-electron chi connectivity index (χ1n) is 14.4. The van der Waals surface area contributed by atoms with Gasteiger partial charge in [-0.25, -0.2) is 9.59 Å². The molecule has 45 heavy (non-hydrogen) atoms. The van der Waals surface area contributed by atoms with Gasteiger partial charge in [0.25, 0.3) is 0 Å². The third-order valence-corrected chi connectivity index (χ3v) is 9.47. The summed E-state index contributed by atoms with van der Waals surface area (Å²) in [5.41, 5.74) is 1.73. The number of nitrogens with one attached hydrogen (secondary N) is 2. The molecule has 3 aromatic carbocycles. The maximum absolute atomic E-state index is 14.0. The van der Waals surface area contributed by atoms with Crippen molar-refractivity contribution < 1.29 is 33.8 Å². The predicted molar refractivity (Wildman–Crippen MR) is 167 cm³/mol. The molecule has 12 heteroatoms. The van der Waals surface area contributed by atoms with E-state index in [1.165, 1.54) is 28.6 Å². The third kappa shape index (κ3) is 6.51. The Morgan fingerprint density at radius 3 is 2.04 bits per heavy atom. The average Bonchev–Trinajstić information content (AvgIpc) is 3.30. The Labute approximate surface area is 264 Å². The first-order valence-corrected chi connectivity index (χ1v) is 15.2. The van der Waals surface area contributed by atoms with Crippen molar-refractivity contribution >= 4 is 41.5 Å². The van der Waals surface area contributed by atoms with Crippen molar-refractivity contribution in [1.82, 2.24) is 20.4 Å². The molecule has 5 atom stereocenters. The predicted octanol–water partition coefficient (Wildman–Crippen LogP) is 3.49. The number of carboxylic acid groups (broad SMARTS) is 1. The van der Waals surface area contributed by atoms with Crippen molar-refractivity contribution in [3.8, 4) is 0 Å². The zero-order valence-electron chi connectivity index (χ0n) is 25.0. The fourth-order valence-corrected chi connectivity index (χ4v) is 7.29. The summed E-state index contributed by atoms with van der Waals surface area (Å²) in [6, 6.07) is 21.9. The van der Waals surface area contributed by atoms with Crippen LogP contribution < -0.4 is 10.6 Å². The molecule has 0 saturated carbocycles. The number of carboxylic acids is 1. The number of ether oxygens (including phenoxy) is 1. The van der Waals surface area contributed by atoms with Crippen LogP contribution in [0.4, 0.5) is 4.79 Å². The van der Waals surface area contributed by atoms with E-state index in [4.69, 9.17) is 4.74 Å². The molecule has 11 nitrogen and oxygen atoms in total. The van der Waals surface area contributed by atoms with Gasteiger partial charge in [0.15, 0.2) is 0 Å². The summed E-state index contributed by atoms with van der Waals surface area (Å²) in [7, 11) is 1.45. The van der Waals surface area contributed by atoms with E-state index in [1.807, 2.05) is 30.3 Å². The van der Waals surface area contributed by atoms with E-state index in [2.05, 4.69) is 10.6 Å². The molecular weight excluding hydrogens is 596 g/mol. The van der Waals surface area contributed by atoms with Gasteiger partial charge >= 0.3 is 12.1 Å². The van der Waals surface area contributed by atoms with Crippen LogP contribution in [-0.2, 0) is 30.5 Å². The van der Waals surface area contributed by atoms with Gasteiger partial charge in [-0.1, -0.05) is 91.0 Å². The van der Waals surface area contributed by atoms with E-state index < -0.39 is 64.1 Å². The monoisotopic (exact) mass is 630 g/mol. The molecule has 0 radical (unpaired) electrons. The molecule has 2 unspecified atom stereocenters. The molecule has 3 N–H and O–H groups in total. The Morgan fingerprint density at radius 1 is 0.911 bits per heavy atom. The van der Waals surface area contributed by atoms with Gasteiger partial charge < -0.3 is 25.4 Å². The molecule has 2 aliphatic heterocycles. The van der Waals surface area contributed by atoms with Crippen molar-refractivity contribution in [1.29, 1.82) is 0 Å². The van der Waals surface area contributed by atoms with Gasteiger partial charge in [-0.3, -0.25) is 19.3 Å². The normalized spacial score (nSPS) is 21.0. The number of carbonyl (C=O) groups is 5. The third-order valence-electron chi connectivity index (χ3n) is 7.90. The lowest BCUT2D eigenvalue weighted by molar-refractivity contribution is -0.161. The molecule has 234 valence electrons. The topological polar surface area (TPSA) is 145 Å². The summed E-state index contributed by atoms with van der Waals surface area (Å²) >= 11 is 1.31. The molecule has 0 aliphatic carbocycles. The minimum atomic E-state index is -1.23. The van der Waals surface area contributed by atoms with Gasteiger partial charge in [0.1, 0.15) is 36.1 Å². The van der Waals surface area contributed by atoms with Gasteiger partial charge in [-0.15, -0.1) is 11.8 Å². The summed E-state index contributed by atoms with van der Waals surface area (Å²) in [6.07, 6.45) is -0.738. The molecule has 4 amide bonds. The van der Waals surface area contributed by atoms with E-state index in [0.29, 0.717) is 11.1 Å². The summed E-state index contributed by atoms with van der Waals surface area (Å²) in [6.45, 7) is 3.51. The second-order valence-electron chi connectivity index (χ2n) is 11.4. The van der Waals surface area contributed by atoms with Crippen molar-refractivity contribution in [2.45, 2.75) is 54.7 Å². The minimum absolute atomic E-state index is 0.00728. The van der Waals surface area contributed by atoms with Gasteiger partial charge in [-0.05, 0) is 30.5 Å². The zero-order chi connectivity index (χ0) is 32.3. The molecule has 5 rings (SSSR count). The average molecular weight is 631 g/mol. The summed E-state index contributed by atoms with van der Waals surface area (Å²) < 4.78 is 4.73. The lowest BCUT2D eigenvalue weighted by atomic mass is 9.95. The Balaban J connectivity index is 1.36. The van der Waals surface area contributed by atoms with Crippen molar-refractivity contribution in [2.24, 2.45) is 0 Å². The van der Waals surface area contributed by atoms with E-state index in [-0.39, 0.29) is 6.61 Å². The number of thioether (sulfide) groups is 1. The number of fused-ring (bicyclic) bond motifs is 1. The summed E-state index contributed by atoms with van der Waals surface area (Å²) in [4.78, 5) is 68.4. The van der Waals surface area contributed by atoms with Crippen LogP contribution in [0.25, 0.3) is 0 Å². The number of benzene rings is 3. The van der Waals surface area contributed by atoms with Crippen molar-refractivity contribution in [2.75, 3.05) is 7.05 Å². The highest BCUT2D eigenvalue weighted by Gasteiger charge is 2.64. The van der Waals surface area contributed by atoms with Crippen molar-refractivity contribution in [3.63, 3.8) is 0 Å². The Bertz CT molecular complexity index is 1570. The van der Waals surface area contributed by atoms with E-state index in [1.54, 1.807) is 74.5 Å². The zero-order valence-corrected chi connectivity index (χ0v) is 25.8. The number of likely N-dealkylation sites (N-methyl/N-ethyl adjacent to an activating group) is 1. The first-order chi connectivity index (χ1) is 21.5. The Morgan fingerprint density at radius 2 is 1.47 bits per heavy atom. The Hall–Kier alpha value is -4.84. The molecule has 0 bridgehead atoms. The summed E-state index contributed by atoms with van der Waals surface area (Å²) in [5, 5.41) is 14.7. The van der Waals surface area contributed by atoms with Gasteiger partial charge in [0, 0.05) is 11.8 Å². The van der Waals surface area contributed by atoms with E-state index in [0.717, 1.165) is 5.56 Å².